The Bertz CT molecular complexity index is 744. The summed E-state index contributed by atoms with van der Waals surface area (Å²) < 4.78 is 18.6. The van der Waals surface area contributed by atoms with Crippen molar-refractivity contribution in [3.05, 3.63) is 48.2 Å². The maximum absolute atomic E-state index is 13.7. The number of carbonyl (C=O) groups is 3. The van der Waals surface area contributed by atoms with Gasteiger partial charge in [0.2, 0.25) is 11.8 Å². The van der Waals surface area contributed by atoms with E-state index in [2.05, 4.69) is 16.0 Å². The second-order valence-electron chi connectivity index (χ2n) is 4.91. The van der Waals surface area contributed by atoms with Crippen LogP contribution in [-0.4, -0.2) is 24.3 Å². The topological polar surface area (TPSA) is 100 Å². The smallest absolute Gasteiger partial charge is 0.286 e. The Morgan fingerprint density at radius 2 is 1.96 bits per heavy atom. The minimum absolute atomic E-state index is 0.0454. The fourth-order valence-corrected chi connectivity index (χ4v) is 1.90. The molecule has 0 saturated carbocycles. The van der Waals surface area contributed by atoms with Crippen LogP contribution in [-0.2, 0) is 9.59 Å². The van der Waals surface area contributed by atoms with Gasteiger partial charge in [-0.25, -0.2) is 4.39 Å². The lowest BCUT2D eigenvalue weighted by atomic mass is 10.2. The van der Waals surface area contributed by atoms with Crippen LogP contribution in [0.25, 0.3) is 0 Å². The van der Waals surface area contributed by atoms with Crippen LogP contribution in [0, 0.1) is 5.82 Å². The molecule has 0 saturated heterocycles. The molecule has 0 fully saturated rings. The van der Waals surface area contributed by atoms with Crippen molar-refractivity contribution < 1.29 is 23.2 Å². The molecule has 0 unspecified atom stereocenters. The second-order valence-corrected chi connectivity index (χ2v) is 4.91. The van der Waals surface area contributed by atoms with Gasteiger partial charge in [-0.1, -0.05) is 0 Å². The Labute approximate surface area is 137 Å². The highest BCUT2D eigenvalue weighted by atomic mass is 19.1. The van der Waals surface area contributed by atoms with Crippen molar-refractivity contribution in [2.75, 3.05) is 17.2 Å². The van der Waals surface area contributed by atoms with Crippen molar-refractivity contribution in [1.29, 1.82) is 0 Å². The normalized spacial score (nSPS) is 10.1. The number of benzene rings is 1. The highest BCUT2D eigenvalue weighted by Gasteiger charge is 2.11. The zero-order valence-electron chi connectivity index (χ0n) is 12.9. The third kappa shape index (κ3) is 4.94. The van der Waals surface area contributed by atoms with Crippen molar-refractivity contribution in [3.8, 4) is 0 Å². The van der Waals surface area contributed by atoms with Gasteiger partial charge in [0.25, 0.3) is 5.91 Å². The van der Waals surface area contributed by atoms with E-state index in [1.54, 1.807) is 6.07 Å². The summed E-state index contributed by atoms with van der Waals surface area (Å²) in [5.41, 5.74) is 0.314. The Morgan fingerprint density at radius 3 is 2.62 bits per heavy atom. The maximum Gasteiger partial charge on any atom is 0.286 e. The van der Waals surface area contributed by atoms with E-state index in [-0.39, 0.29) is 30.3 Å². The molecule has 0 atom stereocenters. The second kappa shape index (κ2) is 7.91. The number of nitrogens with one attached hydrogen (secondary N) is 3. The molecule has 3 amide bonds. The first-order valence-electron chi connectivity index (χ1n) is 7.14. The number of carbonyl (C=O) groups excluding carboxylic acids is 3. The number of furan rings is 1. The van der Waals surface area contributed by atoms with Crippen molar-refractivity contribution in [3.63, 3.8) is 0 Å². The molecule has 2 aromatic rings. The zero-order valence-corrected chi connectivity index (χ0v) is 12.9. The van der Waals surface area contributed by atoms with E-state index in [1.165, 1.54) is 31.4 Å². The average molecular weight is 333 g/mol. The predicted molar refractivity (Wildman–Crippen MR) is 85.0 cm³/mol. The first kappa shape index (κ1) is 17.2. The molecule has 1 aromatic heterocycles. The summed E-state index contributed by atoms with van der Waals surface area (Å²) in [5.74, 6) is -1.71. The molecule has 2 rings (SSSR count). The number of rotatable bonds is 6. The lowest BCUT2D eigenvalue weighted by Crippen LogP contribution is -2.27. The molecule has 0 aliphatic carbocycles. The summed E-state index contributed by atoms with van der Waals surface area (Å²) in [6, 6.07) is 6.91. The Balaban J connectivity index is 1.85. The van der Waals surface area contributed by atoms with Gasteiger partial charge in [-0.3, -0.25) is 14.4 Å². The molecule has 8 heteroatoms. The van der Waals surface area contributed by atoms with Gasteiger partial charge < -0.3 is 20.4 Å². The van der Waals surface area contributed by atoms with Crippen LogP contribution < -0.4 is 16.0 Å². The molecule has 1 aromatic carbocycles. The molecule has 0 aliphatic heterocycles. The van der Waals surface area contributed by atoms with E-state index in [1.807, 2.05) is 0 Å². The van der Waals surface area contributed by atoms with Crippen LogP contribution in [0.3, 0.4) is 0 Å². The molecule has 0 spiro atoms. The van der Waals surface area contributed by atoms with E-state index < -0.39 is 17.6 Å². The van der Waals surface area contributed by atoms with E-state index in [9.17, 15) is 18.8 Å². The molecule has 0 bridgehead atoms. The zero-order chi connectivity index (χ0) is 17.5. The fourth-order valence-electron chi connectivity index (χ4n) is 1.90. The van der Waals surface area contributed by atoms with Gasteiger partial charge in [-0.15, -0.1) is 0 Å². The Kier molecular flexibility index (Phi) is 5.67. The van der Waals surface area contributed by atoms with Crippen LogP contribution in [0.4, 0.5) is 15.8 Å². The first-order chi connectivity index (χ1) is 11.5. The summed E-state index contributed by atoms with van der Waals surface area (Å²) in [6.45, 7) is 1.39. The van der Waals surface area contributed by atoms with E-state index in [4.69, 9.17) is 4.42 Å². The molecular weight excluding hydrogens is 317 g/mol. The lowest BCUT2D eigenvalue weighted by Gasteiger charge is -2.09. The van der Waals surface area contributed by atoms with Crippen molar-refractivity contribution in [2.45, 2.75) is 13.3 Å². The van der Waals surface area contributed by atoms with Gasteiger partial charge in [0, 0.05) is 25.6 Å². The largest absolute Gasteiger partial charge is 0.459 e. The van der Waals surface area contributed by atoms with Gasteiger partial charge in [0.15, 0.2) is 5.76 Å². The first-order valence-corrected chi connectivity index (χ1v) is 7.14. The highest BCUT2D eigenvalue weighted by molar-refractivity contribution is 5.94. The molecule has 3 N–H and O–H groups in total. The van der Waals surface area contributed by atoms with E-state index >= 15 is 0 Å². The van der Waals surface area contributed by atoms with Crippen LogP contribution in [0.1, 0.15) is 23.9 Å². The van der Waals surface area contributed by atoms with Crippen LogP contribution >= 0.6 is 0 Å². The third-order valence-corrected chi connectivity index (χ3v) is 2.94. The van der Waals surface area contributed by atoms with Gasteiger partial charge in [-0.2, -0.15) is 0 Å². The SMILES string of the molecule is CC(=O)Nc1ccc(F)c(NC(=O)CCNC(=O)c2ccco2)c1. The van der Waals surface area contributed by atoms with Crippen LogP contribution in [0.5, 0.6) is 0 Å². The van der Waals surface area contributed by atoms with Gasteiger partial charge in [0.05, 0.1) is 12.0 Å². The summed E-state index contributed by atoms with van der Waals surface area (Å²) in [6.07, 6.45) is 1.32. The van der Waals surface area contributed by atoms with Crippen molar-refractivity contribution in [1.82, 2.24) is 5.32 Å². The van der Waals surface area contributed by atoms with Gasteiger partial charge in [0.1, 0.15) is 5.82 Å². The summed E-state index contributed by atoms with van der Waals surface area (Å²) in [5, 5.41) is 7.40. The predicted octanol–water partition coefficient (Wildman–Crippen LogP) is 2.14. The van der Waals surface area contributed by atoms with Crippen LogP contribution in [0.2, 0.25) is 0 Å². The summed E-state index contributed by atoms with van der Waals surface area (Å²) in [7, 11) is 0. The Morgan fingerprint density at radius 1 is 1.17 bits per heavy atom. The number of anilines is 2. The lowest BCUT2D eigenvalue weighted by molar-refractivity contribution is -0.116. The number of amides is 3. The molecular formula is C16H16FN3O4. The van der Waals surface area contributed by atoms with E-state index in [0.29, 0.717) is 5.69 Å². The fraction of sp³-hybridized carbons (Fsp3) is 0.188. The molecule has 126 valence electrons. The van der Waals surface area contributed by atoms with Gasteiger partial charge >= 0.3 is 0 Å². The molecule has 7 nitrogen and oxygen atoms in total. The summed E-state index contributed by atoms with van der Waals surface area (Å²) >= 11 is 0. The Hall–Kier alpha value is -3.16. The molecule has 1 heterocycles. The molecule has 24 heavy (non-hydrogen) atoms. The van der Waals surface area contributed by atoms with Gasteiger partial charge in [-0.05, 0) is 30.3 Å². The monoisotopic (exact) mass is 333 g/mol. The van der Waals surface area contributed by atoms with Crippen molar-refractivity contribution >= 4 is 29.1 Å². The standard InChI is InChI=1S/C16H16FN3O4/c1-10(21)19-11-4-5-12(17)13(9-11)20-15(22)6-7-18-16(23)14-3-2-8-24-14/h2-5,8-9H,6-7H2,1H3,(H,18,23)(H,19,21)(H,20,22). The quantitative estimate of drug-likeness (QED) is 0.754. The number of halogens is 1. The molecule has 0 radical (unpaired) electrons. The number of hydrogen-bond donors (Lipinski definition) is 3. The van der Waals surface area contributed by atoms with Crippen LogP contribution in [0.15, 0.2) is 41.0 Å². The minimum Gasteiger partial charge on any atom is -0.459 e. The molecule has 0 aliphatic rings. The average Bonchev–Trinajstić information content (AvgIpc) is 3.04. The maximum atomic E-state index is 13.7. The highest BCUT2D eigenvalue weighted by Crippen LogP contribution is 2.19. The summed E-state index contributed by atoms with van der Waals surface area (Å²) in [4.78, 5) is 34.4. The number of hydrogen-bond acceptors (Lipinski definition) is 4. The van der Waals surface area contributed by atoms with Crippen molar-refractivity contribution in [2.24, 2.45) is 0 Å². The third-order valence-electron chi connectivity index (χ3n) is 2.94. The minimum atomic E-state index is -0.628. The van der Waals surface area contributed by atoms with E-state index in [0.717, 1.165) is 6.07 Å².